The number of aromatic nitrogens is 5. The van der Waals surface area contributed by atoms with Crippen LogP contribution in [0.3, 0.4) is 0 Å². The average molecular weight is 149 g/mol. The number of nitrogens with zero attached hydrogens (tertiary/aromatic N) is 4. The Balaban J connectivity index is 2.53. The zero-order valence-corrected chi connectivity index (χ0v) is 6.02. The van der Waals surface area contributed by atoms with E-state index in [1.807, 2.05) is 19.2 Å². The summed E-state index contributed by atoms with van der Waals surface area (Å²) in [6.45, 7) is 1.88. The highest BCUT2D eigenvalue weighted by Crippen LogP contribution is 2.03. The highest BCUT2D eigenvalue weighted by atomic mass is 15.4. The molecule has 0 aliphatic carbocycles. The molecule has 56 valence electrons. The number of nitrogens with one attached hydrogen (secondary N) is 1. The second kappa shape index (κ2) is 2.19. The van der Waals surface area contributed by atoms with Crippen molar-refractivity contribution in [3.8, 4) is 5.82 Å². The molecule has 0 aliphatic rings. The summed E-state index contributed by atoms with van der Waals surface area (Å²) in [5.41, 5.74) is 0.841. The fourth-order valence-electron chi connectivity index (χ4n) is 0.889. The van der Waals surface area contributed by atoms with Crippen molar-refractivity contribution in [1.29, 1.82) is 0 Å². The van der Waals surface area contributed by atoms with Crippen LogP contribution in [0.5, 0.6) is 0 Å². The normalized spacial score (nSPS) is 10.3. The Labute approximate surface area is 63.0 Å². The molecule has 5 nitrogen and oxygen atoms in total. The van der Waals surface area contributed by atoms with Gasteiger partial charge in [0.15, 0.2) is 5.82 Å². The van der Waals surface area contributed by atoms with Crippen LogP contribution in [0.4, 0.5) is 0 Å². The lowest BCUT2D eigenvalue weighted by molar-refractivity contribution is 0.827. The molecule has 2 heterocycles. The molecule has 11 heavy (non-hydrogen) atoms. The lowest BCUT2D eigenvalue weighted by atomic mass is 10.5. The first-order valence-electron chi connectivity index (χ1n) is 3.25. The Morgan fingerprint density at radius 2 is 2.36 bits per heavy atom. The van der Waals surface area contributed by atoms with E-state index in [-0.39, 0.29) is 0 Å². The zero-order chi connectivity index (χ0) is 7.68. The Morgan fingerprint density at radius 3 is 2.91 bits per heavy atom. The molecule has 2 aromatic rings. The molecule has 5 heteroatoms. The van der Waals surface area contributed by atoms with Gasteiger partial charge in [0.25, 0.3) is 0 Å². The number of H-pyrrole nitrogens is 1. The summed E-state index contributed by atoms with van der Waals surface area (Å²) in [5, 5.41) is 14.3. The quantitative estimate of drug-likeness (QED) is 0.634. The second-order valence-electron chi connectivity index (χ2n) is 2.18. The summed E-state index contributed by atoms with van der Waals surface area (Å²) in [6.07, 6.45) is 3.53. The van der Waals surface area contributed by atoms with E-state index in [0.29, 0.717) is 0 Å². The van der Waals surface area contributed by atoms with Crippen LogP contribution in [-0.2, 0) is 0 Å². The van der Waals surface area contributed by atoms with E-state index in [4.69, 9.17) is 0 Å². The average Bonchev–Trinajstić information content (AvgIpc) is 2.55. The topological polar surface area (TPSA) is 59.4 Å². The third-order valence-corrected chi connectivity index (χ3v) is 1.42. The van der Waals surface area contributed by atoms with Gasteiger partial charge in [-0.05, 0) is 13.0 Å². The highest BCUT2D eigenvalue weighted by molar-refractivity contribution is 5.23. The minimum Gasteiger partial charge on any atom is -0.219 e. The molecule has 0 saturated heterocycles. The van der Waals surface area contributed by atoms with Crippen LogP contribution < -0.4 is 0 Å². The predicted octanol–water partition coefficient (Wildman–Crippen LogP) is 0.299. The first kappa shape index (κ1) is 6.09. The van der Waals surface area contributed by atoms with E-state index < -0.39 is 0 Å². The first-order chi connectivity index (χ1) is 5.38. The summed E-state index contributed by atoms with van der Waals surface area (Å²) in [5.74, 6) is 0.745. The van der Waals surface area contributed by atoms with Crippen molar-refractivity contribution >= 4 is 0 Å². The standard InChI is InChI=1S/C6H7N5/c1-5-6(9-10-8-5)11-4-2-3-7-11/h2-4H,1H3,(H,8,9,10). The van der Waals surface area contributed by atoms with Gasteiger partial charge < -0.3 is 0 Å². The molecular formula is C6H7N5. The SMILES string of the molecule is Cc1n[nH]nc1-n1cccn1. The molecule has 2 rings (SSSR count). The fourth-order valence-corrected chi connectivity index (χ4v) is 0.889. The molecule has 2 aromatic heterocycles. The number of hydrogen-bond acceptors (Lipinski definition) is 3. The Morgan fingerprint density at radius 1 is 1.45 bits per heavy atom. The van der Waals surface area contributed by atoms with Crippen molar-refractivity contribution in [2.75, 3.05) is 0 Å². The van der Waals surface area contributed by atoms with E-state index in [0.717, 1.165) is 11.5 Å². The molecule has 0 aromatic carbocycles. The number of aryl methyl sites for hydroxylation is 1. The van der Waals surface area contributed by atoms with Crippen LogP contribution in [0.2, 0.25) is 0 Å². The van der Waals surface area contributed by atoms with Gasteiger partial charge in [-0.25, -0.2) is 4.68 Å². The molecule has 1 N–H and O–H groups in total. The zero-order valence-electron chi connectivity index (χ0n) is 6.02. The van der Waals surface area contributed by atoms with Gasteiger partial charge >= 0.3 is 0 Å². The molecule has 0 amide bonds. The van der Waals surface area contributed by atoms with Gasteiger partial charge in [-0.1, -0.05) is 0 Å². The maximum absolute atomic E-state index is 4.01. The van der Waals surface area contributed by atoms with Crippen molar-refractivity contribution in [3.63, 3.8) is 0 Å². The van der Waals surface area contributed by atoms with Crippen LogP contribution in [0.15, 0.2) is 18.5 Å². The molecule has 0 spiro atoms. The van der Waals surface area contributed by atoms with Crippen LogP contribution >= 0.6 is 0 Å². The lowest BCUT2D eigenvalue weighted by Crippen LogP contribution is -1.96. The van der Waals surface area contributed by atoms with E-state index >= 15 is 0 Å². The molecular weight excluding hydrogens is 142 g/mol. The van der Waals surface area contributed by atoms with Crippen molar-refractivity contribution in [2.24, 2.45) is 0 Å². The Hall–Kier alpha value is -1.65. The molecule has 0 fully saturated rings. The molecule has 0 saturated carbocycles. The van der Waals surface area contributed by atoms with E-state index in [9.17, 15) is 0 Å². The summed E-state index contributed by atoms with van der Waals surface area (Å²) in [6, 6.07) is 1.84. The van der Waals surface area contributed by atoms with Crippen LogP contribution in [0.1, 0.15) is 5.69 Å². The van der Waals surface area contributed by atoms with Gasteiger partial charge in [0, 0.05) is 12.4 Å². The predicted molar refractivity (Wildman–Crippen MR) is 38.2 cm³/mol. The van der Waals surface area contributed by atoms with Crippen molar-refractivity contribution in [3.05, 3.63) is 24.2 Å². The number of hydrogen-bond donors (Lipinski definition) is 1. The minimum atomic E-state index is 0.745. The molecule has 0 bridgehead atoms. The summed E-state index contributed by atoms with van der Waals surface area (Å²) >= 11 is 0. The van der Waals surface area contributed by atoms with Crippen molar-refractivity contribution in [2.45, 2.75) is 6.92 Å². The van der Waals surface area contributed by atoms with Crippen LogP contribution in [0.25, 0.3) is 5.82 Å². The largest absolute Gasteiger partial charge is 0.219 e. The Bertz CT molecular complexity index is 333. The van der Waals surface area contributed by atoms with Gasteiger partial charge in [0.05, 0.1) is 0 Å². The first-order valence-corrected chi connectivity index (χ1v) is 3.25. The third kappa shape index (κ3) is 0.899. The molecule has 0 atom stereocenters. The van der Waals surface area contributed by atoms with Gasteiger partial charge in [0.2, 0.25) is 0 Å². The van der Waals surface area contributed by atoms with Gasteiger partial charge in [-0.15, -0.1) is 5.10 Å². The minimum absolute atomic E-state index is 0.745. The van der Waals surface area contributed by atoms with E-state index in [1.54, 1.807) is 10.9 Å². The summed E-state index contributed by atoms with van der Waals surface area (Å²) in [7, 11) is 0. The van der Waals surface area contributed by atoms with Gasteiger partial charge in [0.1, 0.15) is 5.69 Å². The summed E-state index contributed by atoms with van der Waals surface area (Å²) < 4.78 is 1.67. The smallest absolute Gasteiger partial charge is 0.198 e. The Kier molecular flexibility index (Phi) is 1.21. The number of rotatable bonds is 1. The molecule has 0 unspecified atom stereocenters. The van der Waals surface area contributed by atoms with Crippen molar-refractivity contribution < 1.29 is 0 Å². The van der Waals surface area contributed by atoms with Crippen LogP contribution in [-0.4, -0.2) is 25.2 Å². The van der Waals surface area contributed by atoms with Crippen molar-refractivity contribution in [1.82, 2.24) is 25.2 Å². The second-order valence-corrected chi connectivity index (χ2v) is 2.18. The van der Waals surface area contributed by atoms with E-state index in [1.165, 1.54) is 0 Å². The monoisotopic (exact) mass is 149 g/mol. The third-order valence-electron chi connectivity index (χ3n) is 1.42. The van der Waals surface area contributed by atoms with Gasteiger partial charge in [-0.2, -0.15) is 15.4 Å². The summed E-state index contributed by atoms with van der Waals surface area (Å²) in [4.78, 5) is 0. The maximum Gasteiger partial charge on any atom is 0.198 e. The lowest BCUT2D eigenvalue weighted by Gasteiger charge is -1.92. The highest BCUT2D eigenvalue weighted by Gasteiger charge is 2.03. The van der Waals surface area contributed by atoms with E-state index in [2.05, 4.69) is 20.5 Å². The van der Waals surface area contributed by atoms with Crippen LogP contribution in [0, 0.1) is 6.92 Å². The molecule has 0 aliphatic heterocycles. The van der Waals surface area contributed by atoms with Gasteiger partial charge in [-0.3, -0.25) is 0 Å². The number of aromatic amines is 1. The fraction of sp³-hybridized carbons (Fsp3) is 0.167. The maximum atomic E-state index is 4.01. The molecule has 0 radical (unpaired) electrons.